The summed E-state index contributed by atoms with van der Waals surface area (Å²) in [5, 5.41) is 18.7. The molecule has 0 aliphatic rings. The van der Waals surface area contributed by atoms with E-state index in [-0.39, 0.29) is 0 Å². The third-order valence-electron chi connectivity index (χ3n) is 1.31. The normalized spacial score (nSPS) is 9.54. The number of nitrogens with zero attached hydrogens (tertiary/aromatic N) is 1. The van der Waals surface area contributed by atoms with Crippen molar-refractivity contribution in [2.45, 2.75) is 0 Å². The van der Waals surface area contributed by atoms with Crippen molar-refractivity contribution in [3.8, 4) is 0 Å². The van der Waals surface area contributed by atoms with Gasteiger partial charge in [0, 0.05) is 12.1 Å². The van der Waals surface area contributed by atoms with Gasteiger partial charge in [0.15, 0.2) is 0 Å². The summed E-state index contributed by atoms with van der Waals surface area (Å²) in [6.45, 7) is 0. The number of H-pyrrole nitrogens is 1. The van der Waals surface area contributed by atoms with E-state index in [4.69, 9.17) is 5.11 Å². The van der Waals surface area contributed by atoms with E-state index < -0.39 is 27.8 Å². The maximum absolute atomic E-state index is 10.6. The van der Waals surface area contributed by atoms with Gasteiger partial charge >= 0.3 is 11.7 Å². The molecule has 0 aliphatic carbocycles. The Labute approximate surface area is 70.8 Å². The van der Waals surface area contributed by atoms with Crippen LogP contribution in [0.4, 0.5) is 5.69 Å². The maximum Gasteiger partial charge on any atom is 0.359 e. The summed E-state index contributed by atoms with van der Waals surface area (Å²) >= 11 is 0. The number of carboxylic acid groups (broad SMARTS) is 1. The van der Waals surface area contributed by atoms with Crippen LogP contribution in [0.3, 0.4) is 0 Å². The number of carbonyl (C=O) groups is 1. The van der Waals surface area contributed by atoms with E-state index in [0.29, 0.717) is 0 Å². The van der Waals surface area contributed by atoms with Crippen molar-refractivity contribution in [1.82, 2.24) is 4.98 Å². The molecule has 1 rings (SSSR count). The quantitative estimate of drug-likeness (QED) is 0.495. The number of nitrogens with one attached hydrogen (secondary N) is 1. The Hall–Kier alpha value is -2.18. The molecule has 7 heteroatoms. The molecule has 0 radical (unpaired) electrons. The van der Waals surface area contributed by atoms with Gasteiger partial charge in [-0.25, -0.2) is 4.79 Å². The Balaban J connectivity index is 3.44. The number of pyridine rings is 1. The molecule has 0 spiro atoms. The standard InChI is InChI=1S/C6H4N2O5/c9-4-2-1-3(8(12)13)5(7-4)6(10)11/h1-2H,(H,7,9)(H,10,11). The molecule has 1 aromatic rings. The lowest BCUT2D eigenvalue weighted by atomic mass is 10.3. The monoisotopic (exact) mass is 184 g/mol. The number of aromatic carboxylic acids is 1. The van der Waals surface area contributed by atoms with E-state index in [1.165, 1.54) is 0 Å². The van der Waals surface area contributed by atoms with Crippen LogP contribution in [-0.4, -0.2) is 21.0 Å². The summed E-state index contributed by atoms with van der Waals surface area (Å²) in [4.78, 5) is 32.3. The molecule has 1 aromatic heterocycles. The molecule has 2 N–H and O–H groups in total. The highest BCUT2D eigenvalue weighted by Gasteiger charge is 2.19. The average Bonchev–Trinajstić information content (AvgIpc) is 2.03. The summed E-state index contributed by atoms with van der Waals surface area (Å²) in [7, 11) is 0. The summed E-state index contributed by atoms with van der Waals surface area (Å²) in [6.07, 6.45) is 0. The first kappa shape index (κ1) is 8.91. The van der Waals surface area contributed by atoms with Crippen LogP contribution in [0.15, 0.2) is 16.9 Å². The molecule has 0 fully saturated rings. The predicted molar refractivity (Wildman–Crippen MR) is 40.7 cm³/mol. The maximum atomic E-state index is 10.6. The van der Waals surface area contributed by atoms with Crippen molar-refractivity contribution in [3.05, 3.63) is 38.3 Å². The van der Waals surface area contributed by atoms with Gasteiger partial charge < -0.3 is 10.1 Å². The van der Waals surface area contributed by atoms with Crippen LogP contribution in [-0.2, 0) is 0 Å². The van der Waals surface area contributed by atoms with Crippen molar-refractivity contribution in [2.24, 2.45) is 0 Å². The number of hydrogen-bond acceptors (Lipinski definition) is 4. The molecule has 13 heavy (non-hydrogen) atoms. The van der Waals surface area contributed by atoms with Crippen LogP contribution < -0.4 is 5.56 Å². The first-order valence-electron chi connectivity index (χ1n) is 3.13. The van der Waals surface area contributed by atoms with Crippen LogP contribution in [0.5, 0.6) is 0 Å². The molecule has 7 nitrogen and oxygen atoms in total. The lowest BCUT2D eigenvalue weighted by Crippen LogP contribution is -2.13. The van der Waals surface area contributed by atoms with Crippen LogP contribution in [0.1, 0.15) is 10.5 Å². The minimum Gasteiger partial charge on any atom is -0.476 e. The number of aromatic nitrogens is 1. The third-order valence-corrected chi connectivity index (χ3v) is 1.31. The smallest absolute Gasteiger partial charge is 0.359 e. The lowest BCUT2D eigenvalue weighted by molar-refractivity contribution is -0.385. The molecule has 1 heterocycles. The Morgan fingerprint density at radius 2 is 2.15 bits per heavy atom. The van der Waals surface area contributed by atoms with Gasteiger partial charge in [-0.15, -0.1) is 0 Å². The Morgan fingerprint density at radius 1 is 1.54 bits per heavy atom. The van der Waals surface area contributed by atoms with E-state index in [1.54, 1.807) is 0 Å². The van der Waals surface area contributed by atoms with Crippen LogP contribution in [0.25, 0.3) is 0 Å². The molecule has 0 unspecified atom stereocenters. The van der Waals surface area contributed by atoms with Crippen molar-refractivity contribution < 1.29 is 14.8 Å². The van der Waals surface area contributed by atoms with Crippen molar-refractivity contribution >= 4 is 11.7 Å². The Morgan fingerprint density at radius 3 is 2.62 bits per heavy atom. The molecular weight excluding hydrogens is 180 g/mol. The second-order valence-corrected chi connectivity index (χ2v) is 2.15. The van der Waals surface area contributed by atoms with Gasteiger partial charge in [-0.1, -0.05) is 0 Å². The van der Waals surface area contributed by atoms with Gasteiger partial charge in [-0.2, -0.15) is 0 Å². The second kappa shape index (κ2) is 3.05. The SMILES string of the molecule is O=C(O)c1[nH]c(=O)ccc1[N+](=O)[O-]. The van der Waals surface area contributed by atoms with E-state index in [9.17, 15) is 19.7 Å². The second-order valence-electron chi connectivity index (χ2n) is 2.15. The number of rotatable bonds is 2. The van der Waals surface area contributed by atoms with Crippen LogP contribution >= 0.6 is 0 Å². The first-order valence-corrected chi connectivity index (χ1v) is 3.13. The molecule has 0 aromatic carbocycles. The average molecular weight is 184 g/mol. The highest BCUT2D eigenvalue weighted by molar-refractivity contribution is 5.89. The fraction of sp³-hybridized carbons (Fsp3) is 0. The zero-order valence-electron chi connectivity index (χ0n) is 6.18. The van der Waals surface area contributed by atoms with Gasteiger partial charge in [0.25, 0.3) is 0 Å². The molecule has 0 atom stereocenters. The molecule has 0 saturated heterocycles. The van der Waals surface area contributed by atoms with Crippen LogP contribution in [0, 0.1) is 10.1 Å². The molecule has 0 bridgehead atoms. The fourth-order valence-corrected chi connectivity index (χ4v) is 0.782. The van der Waals surface area contributed by atoms with E-state index in [2.05, 4.69) is 0 Å². The summed E-state index contributed by atoms with van der Waals surface area (Å²) in [5.74, 6) is -1.54. The first-order chi connectivity index (χ1) is 6.02. The molecule has 0 aliphatic heterocycles. The van der Waals surface area contributed by atoms with Gasteiger partial charge in [-0.05, 0) is 0 Å². The van der Waals surface area contributed by atoms with Gasteiger partial charge in [-0.3, -0.25) is 14.9 Å². The number of nitro groups is 1. The van der Waals surface area contributed by atoms with Crippen molar-refractivity contribution in [1.29, 1.82) is 0 Å². The minimum atomic E-state index is -1.54. The van der Waals surface area contributed by atoms with Gasteiger partial charge in [0.05, 0.1) is 4.92 Å². The highest BCUT2D eigenvalue weighted by atomic mass is 16.6. The van der Waals surface area contributed by atoms with Crippen molar-refractivity contribution in [2.75, 3.05) is 0 Å². The number of hydrogen-bond donors (Lipinski definition) is 2. The zero-order valence-corrected chi connectivity index (χ0v) is 6.18. The Bertz CT molecular complexity index is 421. The number of carboxylic acids is 1. The topological polar surface area (TPSA) is 113 Å². The minimum absolute atomic E-state index is 0.632. The van der Waals surface area contributed by atoms with Gasteiger partial charge in [0.1, 0.15) is 0 Å². The summed E-state index contributed by atoms with van der Waals surface area (Å²) in [6, 6.07) is 1.74. The summed E-state index contributed by atoms with van der Waals surface area (Å²) in [5.41, 5.74) is -2.03. The largest absolute Gasteiger partial charge is 0.476 e. The zero-order chi connectivity index (χ0) is 10.0. The van der Waals surface area contributed by atoms with Gasteiger partial charge in [0.2, 0.25) is 11.3 Å². The Kier molecular flexibility index (Phi) is 2.09. The number of aromatic amines is 1. The highest BCUT2D eigenvalue weighted by Crippen LogP contribution is 2.12. The van der Waals surface area contributed by atoms with Crippen molar-refractivity contribution in [3.63, 3.8) is 0 Å². The molecule has 68 valence electrons. The molecule has 0 amide bonds. The van der Waals surface area contributed by atoms with E-state index in [0.717, 1.165) is 12.1 Å². The van der Waals surface area contributed by atoms with Crippen LogP contribution in [0.2, 0.25) is 0 Å². The van der Waals surface area contributed by atoms with E-state index >= 15 is 0 Å². The summed E-state index contributed by atoms with van der Waals surface area (Å²) < 4.78 is 0. The third kappa shape index (κ3) is 1.70. The predicted octanol–water partition coefficient (Wildman–Crippen LogP) is -0.0187. The van der Waals surface area contributed by atoms with E-state index in [1.807, 2.05) is 4.98 Å². The molecular formula is C6H4N2O5. The lowest BCUT2D eigenvalue weighted by Gasteiger charge is -1.95. The molecule has 0 saturated carbocycles. The fourth-order valence-electron chi connectivity index (χ4n) is 0.782.